The van der Waals surface area contributed by atoms with E-state index in [4.69, 9.17) is 14.2 Å². The smallest absolute Gasteiger partial charge is 0.415 e. The highest BCUT2D eigenvalue weighted by molar-refractivity contribution is 8.15. The minimum Gasteiger partial charge on any atom is -0.480 e. The molecule has 2 heterocycles. The average molecular weight is 1280 g/mol. The number of hydrogen-bond donors (Lipinski definition) is 6. The van der Waals surface area contributed by atoms with Crippen LogP contribution in [0, 0.1) is 51.8 Å². The monoisotopic (exact) mass is 1270 g/mol. The van der Waals surface area contributed by atoms with Gasteiger partial charge in [0, 0.05) is 92.0 Å². The SMILES string of the molecule is CC1=C(C)C(=O)C(C(C)(C)CC(=O)N(C)CCN(CCOCCOCCC(=O)NCCCCC(NC(=O)CC[C@@H](C)[C@H]2CC[C@H]3[C@@H]4[C@H](O)C[C@@H]5C[C@H](O)CC[C@]5(C)[C@H]4CC[C@]23C)C(=O)O)C(=O)Oc2ccc3nc(C4=NC(C(=O)O)CS4)sc3c2)=C(C)C1=O. The number of aliphatic carboxylic acids is 2. The number of nitrogens with zero attached hydrogens (tertiary/aromatic N) is 4. The van der Waals surface area contributed by atoms with Crippen molar-refractivity contribution in [2.75, 3.05) is 65.4 Å². The molecular formula is C66H94N6O15S2. The van der Waals surface area contributed by atoms with Crippen molar-refractivity contribution in [3.63, 3.8) is 0 Å². The molecule has 4 saturated carbocycles. The fourth-order valence-electron chi connectivity index (χ4n) is 15.8. The molecule has 2 unspecified atom stereocenters. The van der Waals surface area contributed by atoms with Gasteiger partial charge in [0.25, 0.3) is 0 Å². The van der Waals surface area contributed by atoms with Crippen LogP contribution in [0.1, 0.15) is 157 Å². The third-order valence-corrected chi connectivity index (χ3v) is 23.2. The van der Waals surface area contributed by atoms with Gasteiger partial charge in [-0.15, -0.1) is 23.1 Å². The molecule has 0 bridgehead atoms. The van der Waals surface area contributed by atoms with Crippen LogP contribution in [0.2, 0.25) is 0 Å². The third kappa shape index (κ3) is 16.2. The van der Waals surface area contributed by atoms with Crippen LogP contribution in [0.4, 0.5) is 4.79 Å². The van der Waals surface area contributed by atoms with Crippen molar-refractivity contribution >= 4 is 85.7 Å². The van der Waals surface area contributed by atoms with Gasteiger partial charge in [0.05, 0.1) is 48.9 Å². The number of ether oxygens (including phenoxy) is 3. The van der Waals surface area contributed by atoms with Gasteiger partial charge in [-0.25, -0.2) is 19.4 Å². The van der Waals surface area contributed by atoms with Crippen molar-refractivity contribution in [3.8, 4) is 5.75 Å². The zero-order valence-electron chi connectivity index (χ0n) is 53.4. The van der Waals surface area contributed by atoms with E-state index in [0.29, 0.717) is 97.8 Å². The molecule has 0 radical (unpaired) electrons. The van der Waals surface area contributed by atoms with Crippen molar-refractivity contribution in [1.29, 1.82) is 0 Å². The first kappa shape index (κ1) is 69.3. The molecule has 21 nitrogen and oxygen atoms in total. The number of carboxylic acid groups (broad SMARTS) is 2. The van der Waals surface area contributed by atoms with Crippen LogP contribution < -0.4 is 15.4 Å². The van der Waals surface area contributed by atoms with Crippen LogP contribution in [-0.4, -0.2) is 177 Å². The van der Waals surface area contributed by atoms with E-state index in [2.05, 4.69) is 41.4 Å². The fraction of sp³-hybridized carbons (Fsp3) is 0.697. The molecule has 490 valence electrons. The molecule has 1 aromatic heterocycles. The van der Waals surface area contributed by atoms with E-state index in [-0.39, 0.29) is 142 Å². The number of carbonyl (C=O) groups excluding carboxylic acids is 6. The molecule has 5 aliphatic carbocycles. The van der Waals surface area contributed by atoms with Gasteiger partial charge in [-0.05, 0) is 156 Å². The van der Waals surface area contributed by atoms with Crippen LogP contribution in [0.25, 0.3) is 10.2 Å². The van der Waals surface area contributed by atoms with Gasteiger partial charge in [0.15, 0.2) is 17.6 Å². The predicted molar refractivity (Wildman–Crippen MR) is 338 cm³/mol. The number of amides is 4. The molecule has 89 heavy (non-hydrogen) atoms. The largest absolute Gasteiger partial charge is 0.480 e. The number of nitrogens with one attached hydrogen (secondary N) is 2. The van der Waals surface area contributed by atoms with Gasteiger partial charge in [0.2, 0.25) is 17.7 Å². The minimum absolute atomic E-state index is 0.0479. The molecule has 2 aromatic rings. The van der Waals surface area contributed by atoms with Crippen LogP contribution >= 0.6 is 23.1 Å². The maximum Gasteiger partial charge on any atom is 0.415 e. The number of fused-ring (bicyclic) bond motifs is 6. The van der Waals surface area contributed by atoms with Gasteiger partial charge in [-0.1, -0.05) is 34.6 Å². The average Bonchev–Trinajstić information content (AvgIpc) is 1.71. The Labute approximate surface area is 531 Å². The second-order valence-electron chi connectivity index (χ2n) is 27.1. The molecule has 8 rings (SSSR count). The van der Waals surface area contributed by atoms with Gasteiger partial charge in [-0.2, -0.15) is 0 Å². The van der Waals surface area contributed by atoms with Crippen molar-refractivity contribution in [3.05, 3.63) is 45.5 Å². The lowest BCUT2D eigenvalue weighted by molar-refractivity contribution is -0.174. The van der Waals surface area contributed by atoms with E-state index < -0.39 is 35.5 Å². The van der Waals surface area contributed by atoms with Crippen molar-refractivity contribution < 1.29 is 73.0 Å². The lowest BCUT2D eigenvalue weighted by Crippen LogP contribution is -2.58. The second kappa shape index (κ2) is 29.8. The van der Waals surface area contributed by atoms with E-state index in [0.717, 1.165) is 51.4 Å². The third-order valence-electron chi connectivity index (χ3n) is 21.0. The quantitative estimate of drug-likeness (QED) is 0.0329. The number of carbonyl (C=O) groups is 8. The number of thiazole rings is 1. The number of thioether (sulfide) groups is 1. The number of benzene rings is 1. The Kier molecular flexibility index (Phi) is 23.2. The molecule has 0 spiro atoms. The Hall–Kier alpha value is -5.59. The summed E-state index contributed by atoms with van der Waals surface area (Å²) in [7, 11) is 1.60. The number of allylic oxidation sites excluding steroid dienone is 4. The standard InChI is InChI=1S/C66H94N6O15S2/c1-37(44-15-16-45-55-46(20-23-66(44,45)8)65(7)22-19-42(73)32-41(65)33-50(55)74)13-18-53(76)68-48(61(80)81)12-10-11-24-67-52(75)21-28-85-30-31-86-29-27-72(26-25-71(9)54(77)35-64(5,6)56-40(4)57(78)38(2)39(3)58(56)79)63(84)87-43-14-17-47-51(34-43)89-60(69-47)59-70-49(36-88-59)62(82)83/h14,17,34,37,41-42,44-46,48-50,55,73-74H,10-13,15-16,18-33,35-36H2,1-9H3,(H,67,75)(H,68,76)(H,80,81)(H,82,83)/t37-,41+,42-,44-,45+,46+,48?,49?,50-,55+,65+,66-/m1/s1. The fourth-order valence-corrected chi connectivity index (χ4v) is 17.8. The zero-order valence-corrected chi connectivity index (χ0v) is 55.0. The first-order valence-electron chi connectivity index (χ1n) is 32.0. The Morgan fingerprint density at radius 3 is 2.25 bits per heavy atom. The number of unbranched alkanes of at least 4 members (excludes halogenated alkanes) is 1. The lowest BCUT2D eigenvalue weighted by atomic mass is 9.43. The Morgan fingerprint density at radius 1 is 0.820 bits per heavy atom. The highest BCUT2D eigenvalue weighted by Crippen LogP contribution is 2.68. The van der Waals surface area contributed by atoms with Gasteiger partial charge in [0.1, 0.15) is 21.8 Å². The molecule has 4 fully saturated rings. The summed E-state index contributed by atoms with van der Waals surface area (Å²) in [6.45, 7) is 16.5. The first-order chi connectivity index (χ1) is 42.1. The van der Waals surface area contributed by atoms with Gasteiger partial charge < -0.3 is 55.1 Å². The van der Waals surface area contributed by atoms with E-state index in [1.54, 1.807) is 59.9 Å². The van der Waals surface area contributed by atoms with Crippen LogP contribution in [0.5, 0.6) is 5.75 Å². The molecule has 23 heteroatoms. The summed E-state index contributed by atoms with van der Waals surface area (Å²) >= 11 is 2.61. The van der Waals surface area contributed by atoms with Crippen molar-refractivity contribution in [2.45, 2.75) is 176 Å². The maximum absolute atomic E-state index is 13.9. The molecule has 0 saturated heterocycles. The summed E-state index contributed by atoms with van der Waals surface area (Å²) < 4.78 is 18.0. The molecule has 1 aliphatic heterocycles. The Morgan fingerprint density at radius 2 is 1.53 bits per heavy atom. The molecule has 4 amide bonds. The number of aliphatic imine (C=N–C) groups is 1. The normalized spacial score (nSPS) is 27.5. The Balaban J connectivity index is 0.729. The van der Waals surface area contributed by atoms with Gasteiger partial charge >= 0.3 is 18.0 Å². The van der Waals surface area contributed by atoms with Crippen LogP contribution in [-0.2, 0) is 43.0 Å². The second-order valence-corrected chi connectivity index (χ2v) is 29.2. The number of aliphatic hydroxyl groups is 2. The number of hydrogen-bond acceptors (Lipinski definition) is 17. The van der Waals surface area contributed by atoms with Gasteiger partial charge in [-0.3, -0.25) is 29.0 Å². The molecule has 12 atom stereocenters. The number of likely N-dealkylation sites (N-methyl/N-ethyl adjacent to an activating group) is 1. The highest BCUT2D eigenvalue weighted by Gasteiger charge is 2.63. The number of carboxylic acids is 2. The summed E-state index contributed by atoms with van der Waals surface area (Å²) in [5.74, 6) is -0.621. The number of rotatable bonds is 29. The molecule has 6 aliphatic rings. The number of aromatic nitrogens is 1. The summed E-state index contributed by atoms with van der Waals surface area (Å²) in [6, 6.07) is 3.08. The number of Topliss-reactive ketones (excluding diaryl/α,β-unsaturated/α-hetero) is 2. The number of aliphatic hydroxyl groups excluding tert-OH is 2. The molecular weight excluding hydrogens is 1180 g/mol. The molecule has 6 N–H and O–H groups in total. The van der Waals surface area contributed by atoms with Crippen molar-refractivity contribution in [2.24, 2.45) is 56.7 Å². The maximum atomic E-state index is 13.9. The van der Waals surface area contributed by atoms with Crippen molar-refractivity contribution in [1.82, 2.24) is 25.4 Å². The van der Waals surface area contributed by atoms with E-state index in [1.165, 1.54) is 32.9 Å². The summed E-state index contributed by atoms with van der Waals surface area (Å²) in [5.41, 5.74) is 1.29. The van der Waals surface area contributed by atoms with E-state index in [1.807, 2.05) is 0 Å². The summed E-state index contributed by atoms with van der Waals surface area (Å²) in [6.07, 6.45) is 8.60. The van der Waals surface area contributed by atoms with Crippen LogP contribution in [0.15, 0.2) is 45.5 Å². The first-order valence-corrected chi connectivity index (χ1v) is 33.8. The lowest BCUT2D eigenvalue weighted by Gasteiger charge is -2.62. The summed E-state index contributed by atoms with van der Waals surface area (Å²) in [4.78, 5) is 115. The minimum atomic E-state index is -1.10. The van der Waals surface area contributed by atoms with E-state index in [9.17, 15) is 58.8 Å². The molecule has 1 aromatic carbocycles. The topological polar surface area (TPSA) is 301 Å². The zero-order chi connectivity index (χ0) is 64.7. The predicted octanol–water partition coefficient (Wildman–Crippen LogP) is 8.41. The Bertz CT molecular complexity index is 3090. The van der Waals surface area contributed by atoms with Crippen LogP contribution in [0.3, 0.4) is 0 Å². The number of ketones is 2. The van der Waals surface area contributed by atoms with E-state index >= 15 is 0 Å². The summed E-state index contributed by atoms with van der Waals surface area (Å²) in [5, 5.41) is 48.2. The highest BCUT2D eigenvalue weighted by atomic mass is 32.2.